The maximum Gasteiger partial charge on any atom is 0.234 e. The SMILES string of the molecule is Cc1ccc2c(c1)SC(C(=O)NCc1ccccc1CS(=O)(=O)N1CCOCC1)C2. The highest BCUT2D eigenvalue weighted by Gasteiger charge is 2.29. The van der Waals surface area contributed by atoms with Crippen molar-refractivity contribution in [3.05, 3.63) is 64.7 Å². The van der Waals surface area contributed by atoms with Crippen LogP contribution in [-0.2, 0) is 38.3 Å². The number of hydrogen-bond donors (Lipinski definition) is 1. The molecule has 160 valence electrons. The summed E-state index contributed by atoms with van der Waals surface area (Å²) in [6, 6.07) is 13.7. The average molecular weight is 447 g/mol. The van der Waals surface area contributed by atoms with Gasteiger partial charge >= 0.3 is 0 Å². The lowest BCUT2D eigenvalue weighted by molar-refractivity contribution is -0.120. The van der Waals surface area contributed by atoms with Crippen molar-refractivity contribution in [1.29, 1.82) is 0 Å². The Balaban J connectivity index is 1.39. The van der Waals surface area contributed by atoms with Gasteiger partial charge in [-0.1, -0.05) is 42.0 Å². The molecule has 2 aliphatic rings. The third kappa shape index (κ3) is 4.88. The van der Waals surface area contributed by atoms with Crippen molar-refractivity contribution in [3.8, 4) is 0 Å². The molecule has 1 unspecified atom stereocenters. The lowest BCUT2D eigenvalue weighted by Gasteiger charge is -2.26. The van der Waals surface area contributed by atoms with E-state index in [9.17, 15) is 13.2 Å². The lowest BCUT2D eigenvalue weighted by Crippen LogP contribution is -2.41. The van der Waals surface area contributed by atoms with Crippen LogP contribution in [0.2, 0.25) is 0 Å². The van der Waals surface area contributed by atoms with Gasteiger partial charge in [-0.2, -0.15) is 4.31 Å². The lowest BCUT2D eigenvalue weighted by atomic mass is 10.1. The molecule has 0 spiro atoms. The number of morpholine rings is 1. The summed E-state index contributed by atoms with van der Waals surface area (Å²) >= 11 is 1.60. The number of amides is 1. The van der Waals surface area contributed by atoms with Gasteiger partial charge in [0.25, 0.3) is 0 Å². The monoisotopic (exact) mass is 446 g/mol. The molecule has 0 saturated carbocycles. The quantitative estimate of drug-likeness (QED) is 0.738. The van der Waals surface area contributed by atoms with E-state index < -0.39 is 10.0 Å². The molecule has 2 aliphatic heterocycles. The number of aryl methyl sites for hydroxylation is 1. The Hall–Kier alpha value is -1.87. The molecule has 0 bridgehead atoms. The smallest absolute Gasteiger partial charge is 0.234 e. The van der Waals surface area contributed by atoms with Gasteiger partial charge in [-0.15, -0.1) is 11.8 Å². The summed E-state index contributed by atoms with van der Waals surface area (Å²) in [5, 5.41) is 2.86. The summed E-state index contributed by atoms with van der Waals surface area (Å²) in [6.45, 7) is 4.01. The number of carbonyl (C=O) groups excluding carboxylic acids is 1. The Morgan fingerprint density at radius 3 is 2.67 bits per heavy atom. The minimum Gasteiger partial charge on any atom is -0.379 e. The maximum atomic E-state index is 12.8. The summed E-state index contributed by atoms with van der Waals surface area (Å²) in [4.78, 5) is 13.9. The minimum atomic E-state index is -3.42. The second kappa shape index (κ2) is 9.09. The molecule has 1 N–H and O–H groups in total. The summed E-state index contributed by atoms with van der Waals surface area (Å²) in [6.07, 6.45) is 0.721. The number of thioether (sulfide) groups is 1. The standard InChI is InChI=1S/C22H26N2O4S2/c1-16-6-7-17-13-21(29-20(17)12-16)22(25)23-14-18-4-2-3-5-19(18)15-30(26,27)24-8-10-28-11-9-24/h2-7,12,21H,8-11,13-15H2,1H3,(H,23,25). The molecule has 2 heterocycles. The third-order valence-electron chi connectivity index (χ3n) is 5.46. The molecule has 1 saturated heterocycles. The van der Waals surface area contributed by atoms with Crippen LogP contribution in [0.15, 0.2) is 47.4 Å². The van der Waals surface area contributed by atoms with Crippen molar-refractivity contribution < 1.29 is 17.9 Å². The zero-order valence-electron chi connectivity index (χ0n) is 17.0. The zero-order valence-corrected chi connectivity index (χ0v) is 18.6. The number of fused-ring (bicyclic) bond motifs is 1. The predicted octanol–water partition coefficient (Wildman–Crippen LogP) is 2.49. The Bertz CT molecular complexity index is 1030. The Labute approximate surface area is 182 Å². The molecule has 0 aliphatic carbocycles. The van der Waals surface area contributed by atoms with Crippen molar-refractivity contribution in [1.82, 2.24) is 9.62 Å². The van der Waals surface area contributed by atoms with Crippen molar-refractivity contribution in [2.45, 2.75) is 35.8 Å². The fourth-order valence-electron chi connectivity index (χ4n) is 3.76. The van der Waals surface area contributed by atoms with Gasteiger partial charge in [-0.25, -0.2) is 8.42 Å². The van der Waals surface area contributed by atoms with Crippen LogP contribution in [0.5, 0.6) is 0 Å². The Morgan fingerprint density at radius 1 is 1.17 bits per heavy atom. The molecular formula is C22H26N2O4S2. The van der Waals surface area contributed by atoms with Gasteiger partial charge < -0.3 is 10.1 Å². The fraction of sp³-hybridized carbons (Fsp3) is 0.409. The molecule has 0 aromatic heterocycles. The van der Waals surface area contributed by atoms with Crippen molar-refractivity contribution in [3.63, 3.8) is 0 Å². The summed E-state index contributed by atoms with van der Waals surface area (Å²) in [5.74, 6) is -0.0817. The highest BCUT2D eigenvalue weighted by Crippen LogP contribution is 2.37. The van der Waals surface area contributed by atoms with Crippen LogP contribution in [0.4, 0.5) is 0 Å². The van der Waals surface area contributed by atoms with E-state index in [1.807, 2.05) is 24.3 Å². The summed E-state index contributed by atoms with van der Waals surface area (Å²) in [7, 11) is -3.42. The second-order valence-corrected chi connectivity index (χ2v) is 10.9. The van der Waals surface area contributed by atoms with Crippen LogP contribution >= 0.6 is 11.8 Å². The van der Waals surface area contributed by atoms with Gasteiger partial charge in [0, 0.05) is 24.5 Å². The molecule has 1 amide bonds. The minimum absolute atomic E-state index is 0.0142. The van der Waals surface area contributed by atoms with Crippen LogP contribution in [0.25, 0.3) is 0 Å². The molecule has 30 heavy (non-hydrogen) atoms. The molecule has 0 radical (unpaired) electrons. The summed E-state index contributed by atoms with van der Waals surface area (Å²) in [5.41, 5.74) is 3.96. The van der Waals surface area contributed by atoms with E-state index in [4.69, 9.17) is 4.74 Å². The number of nitrogens with one attached hydrogen (secondary N) is 1. The van der Waals surface area contributed by atoms with Gasteiger partial charge in [0.2, 0.25) is 15.9 Å². The maximum absolute atomic E-state index is 12.8. The number of nitrogens with zero attached hydrogens (tertiary/aromatic N) is 1. The fourth-order valence-corrected chi connectivity index (χ4v) is 6.64. The number of sulfonamides is 1. The van der Waals surface area contributed by atoms with Crippen molar-refractivity contribution in [2.24, 2.45) is 0 Å². The topological polar surface area (TPSA) is 75.7 Å². The van der Waals surface area contributed by atoms with Crippen LogP contribution in [-0.4, -0.2) is 50.2 Å². The van der Waals surface area contributed by atoms with Crippen molar-refractivity contribution in [2.75, 3.05) is 26.3 Å². The van der Waals surface area contributed by atoms with Gasteiger partial charge in [-0.3, -0.25) is 4.79 Å². The van der Waals surface area contributed by atoms with Crippen LogP contribution in [0.3, 0.4) is 0 Å². The first-order valence-electron chi connectivity index (χ1n) is 10.1. The van der Waals surface area contributed by atoms with E-state index in [-0.39, 0.29) is 16.9 Å². The van der Waals surface area contributed by atoms with Gasteiger partial charge in [-0.05, 0) is 36.1 Å². The number of benzene rings is 2. The highest BCUT2D eigenvalue weighted by molar-refractivity contribution is 8.01. The number of rotatable bonds is 6. The van der Waals surface area contributed by atoms with Crippen LogP contribution in [0.1, 0.15) is 22.3 Å². The third-order valence-corrected chi connectivity index (χ3v) is 8.59. The first-order valence-corrected chi connectivity index (χ1v) is 12.6. The molecular weight excluding hydrogens is 420 g/mol. The Kier molecular flexibility index (Phi) is 6.48. The number of carbonyl (C=O) groups is 1. The zero-order chi connectivity index (χ0) is 21.1. The normalized spacial score (nSPS) is 19.4. The Morgan fingerprint density at radius 2 is 1.90 bits per heavy atom. The molecule has 2 aromatic rings. The molecule has 2 aromatic carbocycles. The molecule has 4 rings (SSSR count). The first-order chi connectivity index (χ1) is 14.4. The van der Waals surface area contributed by atoms with E-state index in [1.165, 1.54) is 20.3 Å². The molecule has 1 fully saturated rings. The van der Waals surface area contributed by atoms with E-state index in [1.54, 1.807) is 11.8 Å². The number of hydrogen-bond acceptors (Lipinski definition) is 5. The summed E-state index contributed by atoms with van der Waals surface area (Å²) < 4.78 is 32.3. The van der Waals surface area contributed by atoms with Gasteiger partial charge in [0.05, 0.1) is 24.2 Å². The highest BCUT2D eigenvalue weighted by atomic mass is 32.2. The molecule has 1 atom stereocenters. The first kappa shape index (κ1) is 21.4. The largest absolute Gasteiger partial charge is 0.379 e. The van der Waals surface area contributed by atoms with E-state index in [0.717, 1.165) is 17.5 Å². The average Bonchev–Trinajstić information content (AvgIpc) is 3.16. The second-order valence-electron chi connectivity index (χ2n) is 7.68. The van der Waals surface area contributed by atoms with E-state index in [0.29, 0.717) is 32.8 Å². The van der Waals surface area contributed by atoms with Crippen molar-refractivity contribution >= 4 is 27.7 Å². The predicted molar refractivity (Wildman–Crippen MR) is 118 cm³/mol. The number of ether oxygens (including phenoxy) is 1. The van der Waals surface area contributed by atoms with Crippen LogP contribution in [0, 0.1) is 6.92 Å². The van der Waals surface area contributed by atoms with E-state index >= 15 is 0 Å². The molecule has 6 nitrogen and oxygen atoms in total. The molecule has 8 heteroatoms. The van der Waals surface area contributed by atoms with Gasteiger partial charge in [0.1, 0.15) is 0 Å². The van der Waals surface area contributed by atoms with Gasteiger partial charge in [0.15, 0.2) is 0 Å². The van der Waals surface area contributed by atoms with E-state index in [2.05, 4.69) is 30.4 Å². The van der Waals surface area contributed by atoms with Crippen LogP contribution < -0.4 is 5.32 Å².